The number of carbonyl (C=O) groups is 1. The minimum atomic E-state index is -0.909. The SMILES string of the molecule is COc1cc(CNC(C)(C)C(C)(C)C(=O)O)cc2c1OCO2. The van der Waals surface area contributed by atoms with Crippen LogP contribution >= 0.6 is 0 Å². The number of methoxy groups -OCH3 is 1. The second-order valence-electron chi connectivity index (χ2n) is 6.44. The molecule has 1 aromatic carbocycles. The zero-order valence-corrected chi connectivity index (χ0v) is 13.6. The van der Waals surface area contributed by atoms with Crippen LogP contribution in [-0.4, -0.2) is 30.5 Å². The van der Waals surface area contributed by atoms with Gasteiger partial charge in [0.1, 0.15) is 0 Å². The third-order valence-electron chi connectivity index (χ3n) is 4.55. The molecule has 0 saturated carbocycles. The molecule has 0 spiro atoms. The maximum Gasteiger partial charge on any atom is 0.310 e. The van der Waals surface area contributed by atoms with Crippen molar-refractivity contribution in [2.75, 3.05) is 13.9 Å². The van der Waals surface area contributed by atoms with Crippen molar-refractivity contribution in [3.8, 4) is 17.2 Å². The highest BCUT2D eigenvalue weighted by Gasteiger charge is 2.43. The fourth-order valence-corrected chi connectivity index (χ4v) is 2.10. The third-order valence-corrected chi connectivity index (χ3v) is 4.55. The number of nitrogens with one attached hydrogen (secondary N) is 1. The van der Waals surface area contributed by atoms with Crippen molar-refractivity contribution in [1.29, 1.82) is 0 Å². The van der Waals surface area contributed by atoms with E-state index in [0.29, 0.717) is 23.8 Å². The summed E-state index contributed by atoms with van der Waals surface area (Å²) in [6, 6.07) is 3.74. The molecule has 0 aromatic heterocycles. The van der Waals surface area contributed by atoms with Gasteiger partial charge in [0.25, 0.3) is 0 Å². The summed E-state index contributed by atoms with van der Waals surface area (Å²) in [6.45, 7) is 7.86. The van der Waals surface area contributed by atoms with Crippen LogP contribution in [0, 0.1) is 5.41 Å². The highest BCUT2D eigenvalue weighted by molar-refractivity contribution is 5.75. The van der Waals surface area contributed by atoms with Crippen LogP contribution < -0.4 is 19.5 Å². The van der Waals surface area contributed by atoms with Crippen LogP contribution in [0.1, 0.15) is 33.3 Å². The number of ether oxygens (including phenoxy) is 3. The summed E-state index contributed by atoms with van der Waals surface area (Å²) in [5.41, 5.74) is -0.564. The van der Waals surface area contributed by atoms with Gasteiger partial charge >= 0.3 is 5.97 Å². The van der Waals surface area contributed by atoms with E-state index in [9.17, 15) is 9.90 Å². The molecular formula is C16H23NO5. The summed E-state index contributed by atoms with van der Waals surface area (Å²) in [5, 5.41) is 12.7. The van der Waals surface area contributed by atoms with Crippen LogP contribution in [0.25, 0.3) is 0 Å². The fourth-order valence-electron chi connectivity index (χ4n) is 2.10. The van der Waals surface area contributed by atoms with Crippen LogP contribution in [-0.2, 0) is 11.3 Å². The largest absolute Gasteiger partial charge is 0.493 e. The number of rotatable bonds is 6. The molecular weight excluding hydrogens is 286 g/mol. The van der Waals surface area contributed by atoms with Gasteiger partial charge in [-0.2, -0.15) is 0 Å². The van der Waals surface area contributed by atoms with Gasteiger partial charge in [-0.1, -0.05) is 0 Å². The Kier molecular flexibility index (Phi) is 4.24. The molecule has 1 aromatic rings. The van der Waals surface area contributed by atoms with Crippen molar-refractivity contribution in [3.63, 3.8) is 0 Å². The minimum absolute atomic E-state index is 0.181. The van der Waals surface area contributed by atoms with Crippen molar-refractivity contribution in [2.24, 2.45) is 5.41 Å². The first-order chi connectivity index (χ1) is 10.2. The molecule has 0 atom stereocenters. The number of benzene rings is 1. The number of carboxylic acid groups (broad SMARTS) is 1. The molecule has 2 rings (SSSR count). The smallest absolute Gasteiger partial charge is 0.310 e. The maximum absolute atomic E-state index is 11.4. The molecule has 0 amide bonds. The fraction of sp³-hybridized carbons (Fsp3) is 0.562. The molecule has 122 valence electrons. The van der Waals surface area contributed by atoms with Crippen molar-refractivity contribution in [2.45, 2.75) is 39.8 Å². The van der Waals surface area contributed by atoms with Gasteiger partial charge in [0.05, 0.1) is 12.5 Å². The van der Waals surface area contributed by atoms with E-state index in [-0.39, 0.29) is 6.79 Å². The summed E-state index contributed by atoms with van der Waals surface area (Å²) in [4.78, 5) is 11.4. The third kappa shape index (κ3) is 2.83. The number of fused-ring (bicyclic) bond motifs is 1. The van der Waals surface area contributed by atoms with E-state index in [2.05, 4.69) is 5.32 Å². The average Bonchev–Trinajstić information content (AvgIpc) is 2.92. The van der Waals surface area contributed by atoms with E-state index < -0.39 is 16.9 Å². The monoisotopic (exact) mass is 309 g/mol. The first-order valence-electron chi connectivity index (χ1n) is 7.14. The summed E-state index contributed by atoms with van der Waals surface area (Å²) in [7, 11) is 1.58. The Morgan fingerprint density at radius 2 is 2.00 bits per heavy atom. The number of hydrogen-bond acceptors (Lipinski definition) is 5. The molecule has 2 N–H and O–H groups in total. The van der Waals surface area contributed by atoms with Gasteiger partial charge in [-0.05, 0) is 45.4 Å². The van der Waals surface area contributed by atoms with E-state index >= 15 is 0 Å². The number of aliphatic carboxylic acids is 1. The Bertz CT molecular complexity index is 580. The Morgan fingerprint density at radius 3 is 2.59 bits per heavy atom. The molecule has 1 heterocycles. The van der Waals surface area contributed by atoms with Gasteiger partial charge in [-0.15, -0.1) is 0 Å². The highest BCUT2D eigenvalue weighted by Crippen LogP contribution is 2.42. The standard InChI is InChI=1S/C16H23NO5/c1-15(2,14(18)19)16(3,4)17-8-10-6-11(20-5)13-12(7-10)21-9-22-13/h6-7,17H,8-9H2,1-5H3,(H,18,19). The normalized spacial score (nSPS) is 14.0. The molecule has 1 aliphatic heterocycles. The molecule has 0 unspecified atom stereocenters. The Balaban J connectivity index is 2.17. The van der Waals surface area contributed by atoms with Gasteiger partial charge < -0.3 is 24.6 Å². The number of carboxylic acids is 1. The first-order valence-corrected chi connectivity index (χ1v) is 7.14. The summed E-state index contributed by atoms with van der Waals surface area (Å²) >= 11 is 0. The molecule has 6 nitrogen and oxygen atoms in total. The Labute approximate surface area is 130 Å². The van der Waals surface area contributed by atoms with Gasteiger partial charge in [-0.3, -0.25) is 4.79 Å². The summed E-state index contributed by atoms with van der Waals surface area (Å²) in [6.07, 6.45) is 0. The predicted octanol–water partition coefficient (Wildman–Crippen LogP) is 2.40. The lowest BCUT2D eigenvalue weighted by atomic mass is 9.74. The van der Waals surface area contributed by atoms with Crippen LogP contribution in [0.2, 0.25) is 0 Å². The van der Waals surface area contributed by atoms with Crippen LogP contribution in [0.4, 0.5) is 0 Å². The van der Waals surface area contributed by atoms with E-state index in [1.807, 2.05) is 26.0 Å². The lowest BCUT2D eigenvalue weighted by Gasteiger charge is -2.39. The van der Waals surface area contributed by atoms with E-state index in [0.717, 1.165) is 5.56 Å². The maximum atomic E-state index is 11.4. The Hall–Kier alpha value is -1.95. The molecule has 1 aliphatic rings. The average molecular weight is 309 g/mol. The van der Waals surface area contributed by atoms with Crippen molar-refractivity contribution in [1.82, 2.24) is 5.32 Å². The van der Waals surface area contributed by atoms with E-state index in [1.54, 1.807) is 21.0 Å². The van der Waals surface area contributed by atoms with Crippen molar-refractivity contribution < 1.29 is 24.1 Å². The number of hydrogen-bond donors (Lipinski definition) is 2. The molecule has 0 fully saturated rings. The van der Waals surface area contributed by atoms with Crippen molar-refractivity contribution in [3.05, 3.63) is 17.7 Å². The summed E-state index contributed by atoms with van der Waals surface area (Å²) < 4.78 is 16.1. The molecule has 0 aliphatic carbocycles. The lowest BCUT2D eigenvalue weighted by Crippen LogP contribution is -2.54. The second kappa shape index (κ2) is 5.68. The van der Waals surface area contributed by atoms with E-state index in [4.69, 9.17) is 14.2 Å². The van der Waals surface area contributed by atoms with Crippen molar-refractivity contribution >= 4 is 5.97 Å². The zero-order chi connectivity index (χ0) is 16.5. The van der Waals surface area contributed by atoms with E-state index in [1.165, 1.54) is 0 Å². The predicted molar refractivity (Wildman–Crippen MR) is 81.5 cm³/mol. The van der Waals surface area contributed by atoms with Crippen LogP contribution in [0.15, 0.2) is 12.1 Å². The molecule has 0 radical (unpaired) electrons. The molecule has 0 bridgehead atoms. The van der Waals surface area contributed by atoms with Gasteiger partial charge in [0, 0.05) is 12.1 Å². The van der Waals surface area contributed by atoms with Gasteiger partial charge in [0.2, 0.25) is 12.5 Å². The van der Waals surface area contributed by atoms with Crippen LogP contribution in [0.5, 0.6) is 17.2 Å². The topological polar surface area (TPSA) is 77.0 Å². The van der Waals surface area contributed by atoms with Crippen LogP contribution in [0.3, 0.4) is 0 Å². The first kappa shape index (κ1) is 16.4. The lowest BCUT2D eigenvalue weighted by molar-refractivity contribution is -0.151. The second-order valence-corrected chi connectivity index (χ2v) is 6.44. The molecule has 0 saturated heterocycles. The summed E-state index contributed by atoms with van der Waals surface area (Å²) in [5.74, 6) is 1.03. The molecule has 22 heavy (non-hydrogen) atoms. The quantitative estimate of drug-likeness (QED) is 0.840. The minimum Gasteiger partial charge on any atom is -0.493 e. The zero-order valence-electron chi connectivity index (χ0n) is 13.6. The Morgan fingerprint density at radius 1 is 1.32 bits per heavy atom. The molecule has 6 heteroatoms. The van der Waals surface area contributed by atoms with Gasteiger partial charge in [-0.25, -0.2) is 0 Å². The highest BCUT2D eigenvalue weighted by atomic mass is 16.7. The van der Waals surface area contributed by atoms with Gasteiger partial charge in [0.15, 0.2) is 11.5 Å².